The van der Waals surface area contributed by atoms with Crippen LogP contribution >= 0.6 is 0 Å². The van der Waals surface area contributed by atoms with Gasteiger partial charge in [-0.15, -0.1) is 0 Å². The van der Waals surface area contributed by atoms with Gasteiger partial charge >= 0.3 is 0 Å². The van der Waals surface area contributed by atoms with Gasteiger partial charge in [-0.3, -0.25) is 0 Å². The fraction of sp³-hybridized carbons (Fsp3) is 0.600. The number of hydrogen-bond donors (Lipinski definition) is 2. The van der Waals surface area contributed by atoms with Gasteiger partial charge in [0.25, 0.3) is 0 Å². The minimum Gasteiger partial charge on any atom is -0.392 e. The Labute approximate surface area is 43.3 Å². The van der Waals surface area contributed by atoms with E-state index in [4.69, 9.17) is 10.8 Å². The summed E-state index contributed by atoms with van der Waals surface area (Å²) >= 11 is 0. The molecule has 7 heavy (non-hydrogen) atoms. The number of aliphatic hydroxyl groups is 1. The van der Waals surface area contributed by atoms with Crippen LogP contribution < -0.4 is 5.73 Å². The Kier molecular flexibility index (Phi) is 3.17. The van der Waals surface area contributed by atoms with E-state index in [1.807, 2.05) is 0 Å². The second kappa shape index (κ2) is 3.51. The molecule has 1 unspecified atom stereocenters. The zero-order valence-corrected chi connectivity index (χ0v) is 4.31. The SMILES string of the molecule is CC(O)CC#CN. The van der Waals surface area contributed by atoms with E-state index >= 15 is 0 Å². The molecule has 0 fully saturated rings. The first-order valence-corrected chi connectivity index (χ1v) is 2.14. The summed E-state index contributed by atoms with van der Waals surface area (Å²) in [5, 5.41) is 8.53. The molecule has 0 saturated heterocycles. The van der Waals surface area contributed by atoms with Gasteiger partial charge in [-0.2, -0.15) is 0 Å². The molecule has 1 atom stereocenters. The molecule has 0 rings (SSSR count). The van der Waals surface area contributed by atoms with E-state index in [1.165, 1.54) is 0 Å². The Balaban J connectivity index is 3.08. The van der Waals surface area contributed by atoms with Crippen LogP contribution in [0.4, 0.5) is 0 Å². The zero-order chi connectivity index (χ0) is 5.70. The van der Waals surface area contributed by atoms with E-state index in [0.29, 0.717) is 6.42 Å². The van der Waals surface area contributed by atoms with Crippen LogP contribution in [0.5, 0.6) is 0 Å². The highest BCUT2D eigenvalue weighted by Gasteiger charge is 1.85. The maximum absolute atomic E-state index is 8.53. The van der Waals surface area contributed by atoms with Crippen molar-refractivity contribution in [3.63, 3.8) is 0 Å². The van der Waals surface area contributed by atoms with Gasteiger partial charge in [-0.25, -0.2) is 0 Å². The number of aliphatic hydroxyl groups excluding tert-OH is 1. The van der Waals surface area contributed by atoms with Crippen molar-refractivity contribution in [3.8, 4) is 12.0 Å². The molecular weight excluding hydrogens is 90.1 g/mol. The van der Waals surface area contributed by atoms with Crippen LogP contribution in [0, 0.1) is 12.0 Å². The lowest BCUT2D eigenvalue weighted by molar-refractivity contribution is 0.201. The summed E-state index contributed by atoms with van der Waals surface area (Å²) in [6, 6.07) is 2.19. The average molecular weight is 99.1 g/mol. The number of nitrogens with two attached hydrogens (primary N) is 1. The highest BCUT2D eigenvalue weighted by Crippen LogP contribution is 1.82. The number of hydrogen-bond acceptors (Lipinski definition) is 2. The quantitative estimate of drug-likeness (QED) is 0.349. The first kappa shape index (κ1) is 6.32. The van der Waals surface area contributed by atoms with E-state index in [2.05, 4.69) is 12.0 Å². The lowest BCUT2D eigenvalue weighted by Gasteiger charge is -1.90. The van der Waals surface area contributed by atoms with Crippen molar-refractivity contribution in [2.45, 2.75) is 19.4 Å². The van der Waals surface area contributed by atoms with Gasteiger partial charge in [0, 0.05) is 12.5 Å². The van der Waals surface area contributed by atoms with Gasteiger partial charge in [0.15, 0.2) is 0 Å². The van der Waals surface area contributed by atoms with Crippen molar-refractivity contribution < 1.29 is 5.11 Å². The molecule has 2 heteroatoms. The summed E-state index contributed by atoms with van der Waals surface area (Å²) in [6.07, 6.45) is 0.118. The Morgan fingerprint density at radius 2 is 2.43 bits per heavy atom. The van der Waals surface area contributed by atoms with Gasteiger partial charge in [-0.05, 0) is 6.92 Å². The van der Waals surface area contributed by atoms with E-state index in [9.17, 15) is 0 Å². The number of rotatable bonds is 1. The second-order valence-corrected chi connectivity index (χ2v) is 1.37. The minimum absolute atomic E-state index is 0.351. The molecular formula is C5H9NO. The van der Waals surface area contributed by atoms with E-state index < -0.39 is 0 Å². The molecule has 0 radical (unpaired) electrons. The fourth-order valence-electron chi connectivity index (χ4n) is 0.207. The van der Waals surface area contributed by atoms with Crippen molar-refractivity contribution in [2.24, 2.45) is 5.73 Å². The maximum atomic E-state index is 8.53. The summed E-state index contributed by atoms with van der Waals surface area (Å²) in [6.45, 7) is 1.67. The van der Waals surface area contributed by atoms with Crippen LogP contribution in [0.3, 0.4) is 0 Å². The van der Waals surface area contributed by atoms with Crippen LogP contribution in [-0.2, 0) is 0 Å². The molecule has 3 N–H and O–H groups in total. The van der Waals surface area contributed by atoms with Crippen molar-refractivity contribution in [1.82, 2.24) is 0 Å². The summed E-state index contributed by atoms with van der Waals surface area (Å²) < 4.78 is 0. The molecule has 0 aliphatic rings. The first-order valence-electron chi connectivity index (χ1n) is 2.14. The van der Waals surface area contributed by atoms with Crippen LogP contribution in [0.15, 0.2) is 0 Å². The van der Waals surface area contributed by atoms with Gasteiger partial charge in [0.05, 0.1) is 6.10 Å². The van der Waals surface area contributed by atoms with E-state index in [-0.39, 0.29) is 6.10 Å². The third-order valence-electron chi connectivity index (χ3n) is 0.500. The molecule has 0 saturated carbocycles. The molecule has 0 aromatic carbocycles. The molecule has 0 amide bonds. The van der Waals surface area contributed by atoms with E-state index in [0.717, 1.165) is 0 Å². The molecule has 0 aromatic rings. The van der Waals surface area contributed by atoms with Crippen LogP contribution in [-0.4, -0.2) is 11.2 Å². The largest absolute Gasteiger partial charge is 0.392 e. The van der Waals surface area contributed by atoms with Crippen molar-refractivity contribution in [3.05, 3.63) is 0 Å². The monoisotopic (exact) mass is 99.1 g/mol. The van der Waals surface area contributed by atoms with Crippen molar-refractivity contribution in [2.75, 3.05) is 0 Å². The van der Waals surface area contributed by atoms with Crippen LogP contribution in [0.1, 0.15) is 13.3 Å². The fourth-order valence-corrected chi connectivity index (χ4v) is 0.207. The summed E-state index contributed by atoms with van der Waals surface area (Å²) in [5.74, 6) is 2.53. The van der Waals surface area contributed by atoms with Gasteiger partial charge in [0.1, 0.15) is 0 Å². The van der Waals surface area contributed by atoms with Crippen molar-refractivity contribution >= 4 is 0 Å². The third-order valence-corrected chi connectivity index (χ3v) is 0.500. The predicted octanol–water partition coefficient (Wildman–Crippen LogP) is -0.323. The zero-order valence-electron chi connectivity index (χ0n) is 4.31. The molecule has 0 heterocycles. The van der Waals surface area contributed by atoms with Crippen LogP contribution in [0.25, 0.3) is 0 Å². The maximum Gasteiger partial charge on any atom is 0.0621 e. The Hall–Kier alpha value is -0.680. The highest BCUT2D eigenvalue weighted by atomic mass is 16.3. The summed E-state index contributed by atoms with van der Waals surface area (Å²) in [4.78, 5) is 0. The summed E-state index contributed by atoms with van der Waals surface area (Å²) in [5.41, 5.74) is 4.80. The Morgan fingerprint density at radius 3 is 2.57 bits per heavy atom. The second-order valence-electron chi connectivity index (χ2n) is 1.37. The van der Waals surface area contributed by atoms with Gasteiger partial charge in [0.2, 0.25) is 0 Å². The standard InChI is InChI=1S/C5H9NO/c1-5(7)3-2-4-6/h5,7H,3,6H2,1H3. The van der Waals surface area contributed by atoms with Gasteiger partial charge < -0.3 is 10.8 Å². The molecule has 40 valence electrons. The molecule has 0 bridgehead atoms. The topological polar surface area (TPSA) is 46.2 Å². The average Bonchev–Trinajstić information content (AvgIpc) is 1.61. The molecule has 0 aromatic heterocycles. The van der Waals surface area contributed by atoms with Crippen molar-refractivity contribution in [1.29, 1.82) is 0 Å². The third kappa shape index (κ3) is 5.32. The Bertz CT molecular complexity index is 88.0. The molecule has 0 aliphatic heterocycles. The lowest BCUT2D eigenvalue weighted by Crippen LogP contribution is -1.96. The molecule has 0 spiro atoms. The van der Waals surface area contributed by atoms with Crippen LogP contribution in [0.2, 0.25) is 0 Å². The normalized spacial score (nSPS) is 11.7. The first-order chi connectivity index (χ1) is 3.27. The predicted molar refractivity (Wildman–Crippen MR) is 28.3 cm³/mol. The lowest BCUT2D eigenvalue weighted by atomic mass is 10.3. The van der Waals surface area contributed by atoms with Gasteiger partial charge in [-0.1, -0.05) is 5.92 Å². The molecule has 0 aliphatic carbocycles. The summed E-state index contributed by atoms with van der Waals surface area (Å²) in [7, 11) is 0. The Morgan fingerprint density at radius 1 is 1.86 bits per heavy atom. The highest BCUT2D eigenvalue weighted by molar-refractivity contribution is 4.94. The molecule has 2 nitrogen and oxygen atoms in total. The van der Waals surface area contributed by atoms with E-state index in [1.54, 1.807) is 6.92 Å². The minimum atomic E-state index is -0.351. The smallest absolute Gasteiger partial charge is 0.0621 e.